The highest BCUT2D eigenvalue weighted by Crippen LogP contribution is 2.22. The van der Waals surface area contributed by atoms with E-state index < -0.39 is 6.10 Å². The minimum absolute atomic E-state index is 0.0417. The smallest absolute Gasteiger partial charge is 0.337 e. The van der Waals surface area contributed by atoms with Crippen LogP contribution in [0.3, 0.4) is 0 Å². The molecule has 0 aliphatic carbocycles. The number of aryl methyl sites for hydroxylation is 2. The van der Waals surface area contributed by atoms with Crippen LogP contribution < -0.4 is 0 Å². The lowest BCUT2D eigenvalue weighted by atomic mass is 9.95. The summed E-state index contributed by atoms with van der Waals surface area (Å²) in [6, 6.07) is 17.9. The van der Waals surface area contributed by atoms with Crippen molar-refractivity contribution in [1.29, 1.82) is 0 Å². The summed E-state index contributed by atoms with van der Waals surface area (Å²) in [7, 11) is 1.38. The number of methoxy groups -OCH3 is 1. The van der Waals surface area contributed by atoms with Gasteiger partial charge in [0.15, 0.2) is 0 Å². The predicted octanol–water partition coefficient (Wildman–Crippen LogP) is 4.97. The van der Waals surface area contributed by atoms with Crippen molar-refractivity contribution < 1.29 is 19.4 Å². The second-order valence-electron chi connectivity index (χ2n) is 9.22. The molecule has 0 saturated carbocycles. The first-order valence-corrected chi connectivity index (χ1v) is 12.3. The van der Waals surface area contributed by atoms with Gasteiger partial charge < -0.3 is 14.7 Å². The Balaban J connectivity index is 1.45. The van der Waals surface area contributed by atoms with E-state index in [4.69, 9.17) is 4.74 Å². The van der Waals surface area contributed by atoms with Gasteiger partial charge in [-0.05, 0) is 67.7 Å². The largest absolute Gasteiger partial charge is 0.465 e. The van der Waals surface area contributed by atoms with E-state index in [2.05, 4.69) is 31.2 Å². The average molecular weight is 464 g/mol. The van der Waals surface area contributed by atoms with E-state index in [0.29, 0.717) is 18.5 Å². The Kier molecular flexibility index (Phi) is 9.89. The third-order valence-corrected chi connectivity index (χ3v) is 6.67. The normalized spacial score (nSPS) is 17.8. The predicted molar refractivity (Wildman–Crippen MR) is 135 cm³/mol. The number of benzene rings is 2. The number of carbonyl (C=O) groups is 2. The van der Waals surface area contributed by atoms with E-state index in [0.717, 1.165) is 44.1 Å². The average Bonchev–Trinajstić information content (AvgIpc) is 3.21. The first-order valence-electron chi connectivity index (χ1n) is 12.3. The molecule has 1 saturated heterocycles. The molecule has 2 aromatic carbocycles. The number of hydrogen-bond donors (Lipinski definition) is 1. The van der Waals surface area contributed by atoms with Gasteiger partial charge in [-0.25, -0.2) is 4.79 Å². The highest BCUT2D eigenvalue weighted by Gasteiger charge is 2.28. The van der Waals surface area contributed by atoms with E-state index in [9.17, 15) is 14.7 Å². The molecule has 0 aromatic heterocycles. The van der Waals surface area contributed by atoms with Gasteiger partial charge in [0, 0.05) is 13.0 Å². The third kappa shape index (κ3) is 7.56. The zero-order chi connectivity index (χ0) is 24.3. The Morgan fingerprint density at radius 3 is 2.62 bits per heavy atom. The van der Waals surface area contributed by atoms with Gasteiger partial charge in [0.2, 0.25) is 5.91 Å². The summed E-state index contributed by atoms with van der Waals surface area (Å²) in [5.74, 6) is 0.00517. The Bertz CT molecular complexity index is 956. The maximum absolute atomic E-state index is 12.4. The monoisotopic (exact) mass is 463 g/mol. The molecule has 1 aliphatic heterocycles. The molecule has 182 valence electrons. The van der Waals surface area contributed by atoms with E-state index in [-0.39, 0.29) is 23.8 Å². The Morgan fingerprint density at radius 1 is 1.12 bits per heavy atom. The van der Waals surface area contributed by atoms with Crippen LogP contribution in [-0.2, 0) is 22.4 Å². The maximum Gasteiger partial charge on any atom is 0.337 e. The van der Waals surface area contributed by atoms with Crippen molar-refractivity contribution in [2.45, 2.75) is 64.0 Å². The molecular weight excluding hydrogens is 426 g/mol. The van der Waals surface area contributed by atoms with Crippen LogP contribution in [0.4, 0.5) is 0 Å². The lowest BCUT2D eigenvalue weighted by Crippen LogP contribution is -2.33. The molecule has 1 amide bonds. The van der Waals surface area contributed by atoms with E-state index in [1.165, 1.54) is 12.7 Å². The van der Waals surface area contributed by atoms with Crippen LogP contribution >= 0.6 is 0 Å². The molecule has 1 N–H and O–H groups in total. The molecule has 5 nitrogen and oxygen atoms in total. The number of ether oxygens (including phenoxy) is 1. The molecule has 5 heteroatoms. The van der Waals surface area contributed by atoms with E-state index in [1.54, 1.807) is 6.07 Å². The van der Waals surface area contributed by atoms with Crippen molar-refractivity contribution >= 4 is 11.9 Å². The van der Waals surface area contributed by atoms with Gasteiger partial charge in [0.25, 0.3) is 0 Å². The minimum Gasteiger partial charge on any atom is -0.465 e. The molecule has 2 aromatic rings. The highest BCUT2D eigenvalue weighted by atomic mass is 16.5. The van der Waals surface area contributed by atoms with Crippen LogP contribution in [0.15, 0.2) is 66.7 Å². The number of aliphatic hydroxyl groups is 1. The fourth-order valence-corrected chi connectivity index (χ4v) is 4.55. The summed E-state index contributed by atoms with van der Waals surface area (Å²) in [5, 5.41) is 10.6. The molecule has 1 fully saturated rings. The number of hydrogen-bond acceptors (Lipinski definition) is 4. The Morgan fingerprint density at radius 2 is 1.85 bits per heavy atom. The van der Waals surface area contributed by atoms with Crippen molar-refractivity contribution in [2.24, 2.45) is 5.92 Å². The van der Waals surface area contributed by atoms with Crippen molar-refractivity contribution in [2.75, 3.05) is 13.7 Å². The van der Waals surface area contributed by atoms with Crippen molar-refractivity contribution in [3.63, 3.8) is 0 Å². The maximum atomic E-state index is 12.4. The summed E-state index contributed by atoms with van der Waals surface area (Å²) < 4.78 is 4.79. The van der Waals surface area contributed by atoms with Gasteiger partial charge >= 0.3 is 5.97 Å². The summed E-state index contributed by atoms with van der Waals surface area (Å²) in [4.78, 5) is 26.1. The fourth-order valence-electron chi connectivity index (χ4n) is 4.55. The van der Waals surface area contributed by atoms with Gasteiger partial charge in [-0.1, -0.05) is 61.5 Å². The Labute approximate surface area is 203 Å². The van der Waals surface area contributed by atoms with Crippen LogP contribution in [0.2, 0.25) is 0 Å². The molecular formula is C29H37NO4. The molecule has 0 spiro atoms. The SMILES string of the molecule is COC(=O)c1cccc(CCCN2C(=O)CC[C@@H]2C=C[C@@H](O)[C@@H](C)CCCc2ccccc2)c1. The van der Waals surface area contributed by atoms with Gasteiger partial charge in [-0.15, -0.1) is 0 Å². The lowest BCUT2D eigenvalue weighted by Gasteiger charge is -2.23. The van der Waals surface area contributed by atoms with Crippen molar-refractivity contribution in [1.82, 2.24) is 4.90 Å². The molecule has 1 heterocycles. The van der Waals surface area contributed by atoms with E-state index in [1.807, 2.05) is 41.3 Å². The summed E-state index contributed by atoms with van der Waals surface area (Å²) >= 11 is 0. The topological polar surface area (TPSA) is 66.8 Å². The van der Waals surface area contributed by atoms with E-state index >= 15 is 0 Å². The number of esters is 1. The van der Waals surface area contributed by atoms with Gasteiger partial charge in [0.1, 0.15) is 0 Å². The van der Waals surface area contributed by atoms with Gasteiger partial charge in [-0.2, -0.15) is 0 Å². The zero-order valence-electron chi connectivity index (χ0n) is 20.4. The molecule has 0 radical (unpaired) electrons. The number of rotatable bonds is 12. The summed E-state index contributed by atoms with van der Waals surface area (Å²) in [6.45, 7) is 2.75. The standard InChI is InChI=1S/C29H37NO4/c1-22(9-6-12-23-10-4-3-5-11-23)27(31)18-16-26-17-19-28(32)30(26)20-8-14-24-13-7-15-25(21-24)29(33)34-2/h3-5,7,10-11,13,15-16,18,21-22,26-27,31H,6,8-9,12,14,17,19-20H2,1-2H3/t22-,26-,27+/m0/s1. The number of nitrogens with zero attached hydrogens (tertiary/aromatic N) is 1. The third-order valence-electron chi connectivity index (χ3n) is 6.67. The molecule has 3 atom stereocenters. The second-order valence-corrected chi connectivity index (χ2v) is 9.22. The molecule has 1 aliphatic rings. The van der Waals surface area contributed by atoms with Crippen molar-refractivity contribution in [3.8, 4) is 0 Å². The highest BCUT2D eigenvalue weighted by molar-refractivity contribution is 5.89. The number of carbonyl (C=O) groups excluding carboxylic acids is 2. The Hall–Kier alpha value is -2.92. The molecule has 34 heavy (non-hydrogen) atoms. The summed E-state index contributed by atoms with van der Waals surface area (Å²) in [5.41, 5.74) is 2.93. The quantitative estimate of drug-likeness (QED) is 0.356. The van der Waals surface area contributed by atoms with Gasteiger partial charge in [0.05, 0.1) is 24.8 Å². The minimum atomic E-state index is -0.505. The number of aliphatic hydroxyl groups excluding tert-OH is 1. The number of amides is 1. The molecule has 3 rings (SSSR count). The number of likely N-dealkylation sites (tertiary alicyclic amines) is 1. The first kappa shape index (κ1) is 25.7. The van der Waals surface area contributed by atoms with Crippen molar-refractivity contribution in [3.05, 3.63) is 83.4 Å². The second kappa shape index (κ2) is 13.1. The lowest BCUT2D eigenvalue weighted by molar-refractivity contribution is -0.128. The van der Waals surface area contributed by atoms with Gasteiger partial charge in [-0.3, -0.25) is 4.79 Å². The molecule has 0 unspecified atom stereocenters. The van der Waals surface area contributed by atoms with Crippen LogP contribution in [0.1, 0.15) is 60.5 Å². The van der Waals surface area contributed by atoms with Crippen LogP contribution in [0.5, 0.6) is 0 Å². The van der Waals surface area contributed by atoms with Crippen LogP contribution in [-0.4, -0.2) is 47.7 Å². The van der Waals surface area contributed by atoms with Crippen LogP contribution in [0, 0.1) is 5.92 Å². The summed E-state index contributed by atoms with van der Waals surface area (Å²) in [6.07, 6.45) is 9.36. The zero-order valence-corrected chi connectivity index (χ0v) is 20.4. The first-order chi connectivity index (χ1) is 16.5. The molecule has 0 bridgehead atoms. The fraction of sp³-hybridized carbons (Fsp3) is 0.448. The van der Waals surface area contributed by atoms with Crippen LogP contribution in [0.25, 0.3) is 0 Å².